The minimum Gasteiger partial charge on any atom is -0.493 e. The lowest BCUT2D eigenvalue weighted by atomic mass is 10.1. The lowest BCUT2D eigenvalue weighted by Gasteiger charge is -2.21. The van der Waals surface area contributed by atoms with Crippen LogP contribution in [0.5, 0.6) is 11.5 Å². The average Bonchev–Trinajstić information content (AvgIpc) is 2.35. The summed E-state index contributed by atoms with van der Waals surface area (Å²) < 4.78 is 11.7. The molecule has 21 heavy (non-hydrogen) atoms. The summed E-state index contributed by atoms with van der Waals surface area (Å²) in [6.07, 6.45) is 0. The summed E-state index contributed by atoms with van der Waals surface area (Å²) in [5.41, 5.74) is 0.783. The number of benzene rings is 1. The van der Waals surface area contributed by atoms with Gasteiger partial charge in [-0.15, -0.1) is 0 Å². The van der Waals surface area contributed by atoms with Crippen molar-refractivity contribution in [1.82, 2.24) is 10.6 Å². The van der Waals surface area contributed by atoms with E-state index >= 15 is 0 Å². The van der Waals surface area contributed by atoms with Gasteiger partial charge >= 0.3 is 0 Å². The molecule has 0 unspecified atom stereocenters. The zero-order valence-corrected chi connectivity index (χ0v) is 14.8. The maximum absolute atomic E-state index is 11.8. The van der Waals surface area contributed by atoms with Gasteiger partial charge < -0.3 is 20.1 Å². The lowest BCUT2D eigenvalue weighted by molar-refractivity contribution is -0.124. The van der Waals surface area contributed by atoms with Crippen molar-refractivity contribution in [1.29, 1.82) is 0 Å². The molecule has 1 rings (SSSR count). The van der Waals surface area contributed by atoms with Crippen LogP contribution in [0.2, 0.25) is 0 Å². The van der Waals surface area contributed by atoms with Gasteiger partial charge in [0, 0.05) is 12.1 Å². The van der Waals surface area contributed by atoms with E-state index in [0.717, 1.165) is 16.6 Å². The van der Waals surface area contributed by atoms with Crippen LogP contribution >= 0.6 is 15.9 Å². The maximum atomic E-state index is 11.8. The van der Waals surface area contributed by atoms with Gasteiger partial charge in [-0.1, -0.05) is 0 Å². The smallest absolute Gasteiger partial charge is 0.258 e. The Bertz CT molecular complexity index is 498. The monoisotopic (exact) mass is 358 g/mol. The highest BCUT2D eigenvalue weighted by Crippen LogP contribution is 2.36. The Balaban J connectivity index is 2.81. The van der Waals surface area contributed by atoms with Crippen LogP contribution in [0.1, 0.15) is 26.3 Å². The average molecular weight is 359 g/mol. The number of carbonyl (C=O) groups excluding carboxylic acids is 1. The molecule has 1 aromatic rings. The first kappa shape index (κ1) is 17.8. The molecule has 0 aromatic heterocycles. The number of methoxy groups -OCH3 is 1. The largest absolute Gasteiger partial charge is 0.493 e. The van der Waals surface area contributed by atoms with E-state index in [1.54, 1.807) is 7.11 Å². The molecule has 118 valence electrons. The van der Waals surface area contributed by atoms with Gasteiger partial charge in [-0.25, -0.2) is 0 Å². The van der Waals surface area contributed by atoms with Gasteiger partial charge in [0.05, 0.1) is 11.6 Å². The molecule has 1 amide bonds. The van der Waals surface area contributed by atoms with E-state index < -0.39 is 0 Å². The first-order chi connectivity index (χ1) is 9.76. The van der Waals surface area contributed by atoms with Crippen LogP contribution < -0.4 is 20.1 Å². The third kappa shape index (κ3) is 5.93. The number of nitrogens with one attached hydrogen (secondary N) is 2. The van der Waals surface area contributed by atoms with Gasteiger partial charge in [0.25, 0.3) is 5.91 Å². The SMILES string of the molecule is CNCc1cc(Br)c(OCC(=O)NC(C)(C)C)c(OC)c1. The summed E-state index contributed by atoms with van der Waals surface area (Å²) in [7, 11) is 3.45. The molecule has 0 atom stereocenters. The number of halogens is 1. The zero-order chi connectivity index (χ0) is 16.0. The van der Waals surface area contributed by atoms with Crippen molar-refractivity contribution in [3.8, 4) is 11.5 Å². The van der Waals surface area contributed by atoms with Gasteiger partial charge in [-0.3, -0.25) is 4.79 Å². The van der Waals surface area contributed by atoms with Crippen LogP contribution in [0, 0.1) is 0 Å². The molecule has 0 heterocycles. The first-order valence-electron chi connectivity index (χ1n) is 6.71. The standard InChI is InChI=1S/C15H23BrN2O3/c1-15(2,3)18-13(19)9-21-14-11(16)6-10(8-17-4)7-12(14)20-5/h6-7,17H,8-9H2,1-5H3,(H,18,19). The van der Waals surface area contributed by atoms with Crippen LogP contribution in [0.3, 0.4) is 0 Å². The Labute approximate surface area is 134 Å². The molecule has 6 heteroatoms. The molecule has 0 aliphatic heterocycles. The topological polar surface area (TPSA) is 59.6 Å². The maximum Gasteiger partial charge on any atom is 0.258 e. The summed E-state index contributed by atoms with van der Waals surface area (Å²) in [4.78, 5) is 11.8. The van der Waals surface area contributed by atoms with Crippen LogP contribution in [-0.2, 0) is 11.3 Å². The van der Waals surface area contributed by atoms with Gasteiger partial charge in [0.2, 0.25) is 0 Å². The van der Waals surface area contributed by atoms with E-state index in [1.807, 2.05) is 40.0 Å². The molecule has 0 saturated carbocycles. The van der Waals surface area contributed by atoms with Crippen LogP contribution in [0.25, 0.3) is 0 Å². The molecular weight excluding hydrogens is 336 g/mol. The zero-order valence-electron chi connectivity index (χ0n) is 13.2. The number of hydrogen-bond donors (Lipinski definition) is 2. The number of ether oxygens (including phenoxy) is 2. The number of carbonyl (C=O) groups is 1. The minimum absolute atomic E-state index is 0.0579. The number of rotatable bonds is 6. The Morgan fingerprint density at radius 2 is 2.00 bits per heavy atom. The van der Waals surface area contributed by atoms with Crippen molar-refractivity contribution in [2.75, 3.05) is 20.8 Å². The van der Waals surface area contributed by atoms with Crippen molar-refractivity contribution in [2.24, 2.45) is 0 Å². The normalized spacial score (nSPS) is 11.1. The molecule has 0 radical (unpaired) electrons. The molecule has 0 saturated heterocycles. The minimum atomic E-state index is -0.279. The van der Waals surface area contributed by atoms with Crippen LogP contribution in [-0.4, -0.2) is 32.2 Å². The van der Waals surface area contributed by atoms with E-state index in [2.05, 4.69) is 26.6 Å². The molecule has 0 aliphatic rings. The van der Waals surface area contributed by atoms with Crippen molar-refractivity contribution in [2.45, 2.75) is 32.9 Å². The van der Waals surface area contributed by atoms with Gasteiger partial charge in [-0.05, 0) is 61.4 Å². The highest BCUT2D eigenvalue weighted by molar-refractivity contribution is 9.10. The summed E-state index contributed by atoms with van der Waals surface area (Å²) in [5, 5.41) is 5.92. The Hall–Kier alpha value is -1.27. The third-order valence-corrected chi connectivity index (χ3v) is 3.12. The fourth-order valence-corrected chi connectivity index (χ4v) is 2.42. The lowest BCUT2D eigenvalue weighted by Crippen LogP contribution is -2.43. The van der Waals surface area contributed by atoms with E-state index in [9.17, 15) is 4.79 Å². The predicted octanol–water partition coefficient (Wildman–Crippen LogP) is 2.47. The highest BCUT2D eigenvalue weighted by atomic mass is 79.9. The predicted molar refractivity (Wildman–Crippen MR) is 86.8 cm³/mol. The third-order valence-electron chi connectivity index (χ3n) is 2.53. The van der Waals surface area contributed by atoms with Crippen molar-refractivity contribution < 1.29 is 14.3 Å². The number of amides is 1. The Morgan fingerprint density at radius 3 is 2.52 bits per heavy atom. The Kier molecular flexibility index (Phi) is 6.48. The van der Waals surface area contributed by atoms with Crippen molar-refractivity contribution in [3.63, 3.8) is 0 Å². The summed E-state index contributed by atoms with van der Waals surface area (Å²) in [6.45, 7) is 6.44. The molecule has 0 fully saturated rings. The van der Waals surface area contributed by atoms with Gasteiger partial charge in [0.1, 0.15) is 0 Å². The van der Waals surface area contributed by atoms with Crippen LogP contribution in [0.4, 0.5) is 0 Å². The quantitative estimate of drug-likeness (QED) is 0.819. The van der Waals surface area contributed by atoms with Gasteiger partial charge in [0.15, 0.2) is 18.1 Å². The second-order valence-electron chi connectivity index (χ2n) is 5.73. The summed E-state index contributed by atoms with van der Waals surface area (Å²) >= 11 is 3.46. The Morgan fingerprint density at radius 1 is 1.33 bits per heavy atom. The van der Waals surface area contributed by atoms with E-state index in [-0.39, 0.29) is 18.1 Å². The van der Waals surface area contributed by atoms with E-state index in [4.69, 9.17) is 9.47 Å². The summed E-state index contributed by atoms with van der Waals surface area (Å²) in [6, 6.07) is 3.83. The highest BCUT2D eigenvalue weighted by Gasteiger charge is 2.16. The summed E-state index contributed by atoms with van der Waals surface area (Å²) in [5.74, 6) is 0.954. The first-order valence-corrected chi connectivity index (χ1v) is 7.51. The van der Waals surface area contributed by atoms with Crippen molar-refractivity contribution in [3.05, 3.63) is 22.2 Å². The second kappa shape index (κ2) is 7.66. The van der Waals surface area contributed by atoms with Gasteiger partial charge in [-0.2, -0.15) is 0 Å². The molecule has 1 aromatic carbocycles. The van der Waals surface area contributed by atoms with E-state index in [0.29, 0.717) is 11.5 Å². The molecule has 0 aliphatic carbocycles. The molecule has 0 spiro atoms. The molecule has 5 nitrogen and oxygen atoms in total. The van der Waals surface area contributed by atoms with Crippen LogP contribution in [0.15, 0.2) is 16.6 Å². The second-order valence-corrected chi connectivity index (χ2v) is 6.58. The molecule has 2 N–H and O–H groups in total. The van der Waals surface area contributed by atoms with E-state index in [1.165, 1.54) is 0 Å². The molecule has 0 bridgehead atoms. The fourth-order valence-electron chi connectivity index (χ4n) is 1.81. The van der Waals surface area contributed by atoms with Crippen molar-refractivity contribution >= 4 is 21.8 Å². The fraction of sp³-hybridized carbons (Fsp3) is 0.533. The number of hydrogen-bond acceptors (Lipinski definition) is 4. The molecular formula is C15H23BrN2O3.